The van der Waals surface area contributed by atoms with E-state index in [1.54, 1.807) is 25.3 Å². The molecule has 0 spiro atoms. The van der Waals surface area contributed by atoms with Gasteiger partial charge in [0, 0.05) is 33.9 Å². The number of ether oxygens (including phenoxy) is 1. The Bertz CT molecular complexity index is 395. The van der Waals surface area contributed by atoms with Gasteiger partial charge in [0.25, 0.3) is 5.91 Å². The summed E-state index contributed by atoms with van der Waals surface area (Å²) in [7, 11) is 3.46. The standard InChI is InChI=1S/C14H24N4O2/c1-4-5-8-18(2)14(19)12-10-17-13(11-16-12)15-7-6-9-20-3/h10-11H,4-9H2,1-3H3,(H,15,17). The Morgan fingerprint density at radius 2 is 2.15 bits per heavy atom. The van der Waals surface area contributed by atoms with Crippen molar-refractivity contribution in [2.45, 2.75) is 26.2 Å². The molecule has 20 heavy (non-hydrogen) atoms. The van der Waals surface area contributed by atoms with E-state index < -0.39 is 0 Å². The van der Waals surface area contributed by atoms with E-state index in [2.05, 4.69) is 22.2 Å². The summed E-state index contributed by atoms with van der Waals surface area (Å²) in [6.45, 7) is 4.32. The van der Waals surface area contributed by atoms with Crippen LogP contribution in [-0.2, 0) is 4.74 Å². The van der Waals surface area contributed by atoms with Crippen molar-refractivity contribution in [1.29, 1.82) is 0 Å². The van der Waals surface area contributed by atoms with Crippen LogP contribution in [0.3, 0.4) is 0 Å². The summed E-state index contributed by atoms with van der Waals surface area (Å²) in [4.78, 5) is 22.1. The minimum atomic E-state index is -0.0862. The number of nitrogens with zero attached hydrogens (tertiary/aromatic N) is 3. The number of carbonyl (C=O) groups is 1. The zero-order valence-electron chi connectivity index (χ0n) is 12.6. The highest BCUT2D eigenvalue weighted by Crippen LogP contribution is 2.04. The van der Waals surface area contributed by atoms with E-state index in [0.717, 1.165) is 32.4 Å². The topological polar surface area (TPSA) is 67.4 Å². The molecule has 0 bridgehead atoms. The van der Waals surface area contributed by atoms with Crippen LogP contribution in [0.4, 0.5) is 5.82 Å². The van der Waals surface area contributed by atoms with E-state index in [-0.39, 0.29) is 5.91 Å². The minimum Gasteiger partial charge on any atom is -0.385 e. The number of aromatic nitrogens is 2. The quantitative estimate of drug-likeness (QED) is 0.699. The summed E-state index contributed by atoms with van der Waals surface area (Å²) in [5, 5.41) is 3.13. The summed E-state index contributed by atoms with van der Waals surface area (Å²) in [6, 6.07) is 0. The molecular weight excluding hydrogens is 256 g/mol. The van der Waals surface area contributed by atoms with Crippen molar-refractivity contribution in [3.63, 3.8) is 0 Å². The highest BCUT2D eigenvalue weighted by molar-refractivity contribution is 5.91. The number of anilines is 1. The zero-order valence-corrected chi connectivity index (χ0v) is 12.6. The number of nitrogens with one attached hydrogen (secondary N) is 1. The van der Waals surface area contributed by atoms with Crippen molar-refractivity contribution in [1.82, 2.24) is 14.9 Å². The molecule has 0 aromatic carbocycles. The van der Waals surface area contributed by atoms with Gasteiger partial charge in [0.2, 0.25) is 0 Å². The summed E-state index contributed by atoms with van der Waals surface area (Å²) < 4.78 is 4.96. The van der Waals surface area contributed by atoms with Gasteiger partial charge in [-0.25, -0.2) is 9.97 Å². The maximum absolute atomic E-state index is 12.0. The van der Waals surface area contributed by atoms with Crippen LogP contribution in [0, 0.1) is 0 Å². The first kappa shape index (κ1) is 16.4. The molecule has 0 saturated heterocycles. The number of rotatable bonds is 9. The molecule has 1 rings (SSSR count). The van der Waals surface area contributed by atoms with Gasteiger partial charge in [-0.3, -0.25) is 4.79 Å². The van der Waals surface area contributed by atoms with Crippen LogP contribution in [0.25, 0.3) is 0 Å². The molecule has 0 atom stereocenters. The van der Waals surface area contributed by atoms with Gasteiger partial charge >= 0.3 is 0 Å². The second-order valence-electron chi connectivity index (χ2n) is 4.64. The fraction of sp³-hybridized carbons (Fsp3) is 0.643. The molecule has 1 N–H and O–H groups in total. The molecule has 6 nitrogen and oxygen atoms in total. The lowest BCUT2D eigenvalue weighted by Gasteiger charge is -2.15. The first-order valence-corrected chi connectivity index (χ1v) is 6.99. The molecule has 0 saturated carbocycles. The molecule has 1 aromatic rings. The van der Waals surface area contributed by atoms with Crippen LogP contribution in [0.15, 0.2) is 12.4 Å². The fourth-order valence-corrected chi connectivity index (χ4v) is 1.66. The largest absolute Gasteiger partial charge is 0.385 e. The number of hydrogen-bond acceptors (Lipinski definition) is 5. The maximum Gasteiger partial charge on any atom is 0.273 e. The number of carbonyl (C=O) groups excluding carboxylic acids is 1. The zero-order chi connectivity index (χ0) is 14.8. The van der Waals surface area contributed by atoms with E-state index in [0.29, 0.717) is 18.1 Å². The molecule has 0 aliphatic carbocycles. The monoisotopic (exact) mass is 280 g/mol. The Morgan fingerprint density at radius 3 is 2.75 bits per heavy atom. The molecule has 0 aliphatic rings. The average Bonchev–Trinajstić information content (AvgIpc) is 2.49. The van der Waals surface area contributed by atoms with Gasteiger partial charge in [0.15, 0.2) is 0 Å². The second-order valence-corrected chi connectivity index (χ2v) is 4.64. The first-order chi connectivity index (χ1) is 9.69. The fourth-order valence-electron chi connectivity index (χ4n) is 1.66. The molecule has 1 heterocycles. The Labute approximate surface area is 120 Å². The van der Waals surface area contributed by atoms with Gasteiger partial charge in [-0.1, -0.05) is 13.3 Å². The number of unbranched alkanes of at least 4 members (excludes halogenated alkanes) is 1. The summed E-state index contributed by atoms with van der Waals surface area (Å²) in [5.74, 6) is 0.589. The average molecular weight is 280 g/mol. The van der Waals surface area contributed by atoms with E-state index in [4.69, 9.17) is 4.74 Å². The van der Waals surface area contributed by atoms with Gasteiger partial charge < -0.3 is 15.0 Å². The van der Waals surface area contributed by atoms with Crippen LogP contribution < -0.4 is 5.32 Å². The van der Waals surface area contributed by atoms with Crippen LogP contribution in [0.5, 0.6) is 0 Å². The third kappa shape index (κ3) is 5.52. The van der Waals surface area contributed by atoms with Crippen LogP contribution in [0.1, 0.15) is 36.7 Å². The van der Waals surface area contributed by atoms with E-state index in [1.807, 2.05) is 0 Å². The van der Waals surface area contributed by atoms with Crippen LogP contribution >= 0.6 is 0 Å². The molecule has 0 fully saturated rings. The Hall–Kier alpha value is -1.69. The third-order valence-corrected chi connectivity index (χ3v) is 2.90. The Kier molecular flexibility index (Phi) is 7.57. The normalized spacial score (nSPS) is 10.3. The predicted molar refractivity (Wildman–Crippen MR) is 78.9 cm³/mol. The van der Waals surface area contributed by atoms with Crippen molar-refractivity contribution in [2.75, 3.05) is 39.2 Å². The highest BCUT2D eigenvalue weighted by atomic mass is 16.5. The number of methoxy groups -OCH3 is 1. The Morgan fingerprint density at radius 1 is 1.35 bits per heavy atom. The minimum absolute atomic E-state index is 0.0862. The lowest BCUT2D eigenvalue weighted by atomic mass is 10.3. The van der Waals surface area contributed by atoms with Crippen molar-refractivity contribution < 1.29 is 9.53 Å². The summed E-state index contributed by atoms with van der Waals surface area (Å²) >= 11 is 0. The van der Waals surface area contributed by atoms with Crippen molar-refractivity contribution in [3.8, 4) is 0 Å². The lowest BCUT2D eigenvalue weighted by Crippen LogP contribution is -2.28. The SMILES string of the molecule is CCCCN(C)C(=O)c1cnc(NCCCOC)cn1. The molecule has 0 aliphatic heterocycles. The molecule has 112 valence electrons. The van der Waals surface area contributed by atoms with Gasteiger partial charge in [-0.15, -0.1) is 0 Å². The van der Waals surface area contributed by atoms with Crippen LogP contribution in [-0.4, -0.2) is 54.6 Å². The number of hydrogen-bond donors (Lipinski definition) is 1. The van der Waals surface area contributed by atoms with Gasteiger partial charge in [-0.05, 0) is 12.8 Å². The van der Waals surface area contributed by atoms with E-state index >= 15 is 0 Å². The lowest BCUT2D eigenvalue weighted by molar-refractivity contribution is 0.0787. The summed E-state index contributed by atoms with van der Waals surface area (Å²) in [6.07, 6.45) is 6.07. The first-order valence-electron chi connectivity index (χ1n) is 6.99. The highest BCUT2D eigenvalue weighted by Gasteiger charge is 2.12. The van der Waals surface area contributed by atoms with Crippen molar-refractivity contribution >= 4 is 11.7 Å². The van der Waals surface area contributed by atoms with Crippen molar-refractivity contribution in [2.24, 2.45) is 0 Å². The predicted octanol–water partition coefficient (Wildman–Crippen LogP) is 1.80. The molecule has 0 radical (unpaired) electrons. The van der Waals surface area contributed by atoms with Gasteiger partial charge in [-0.2, -0.15) is 0 Å². The number of amides is 1. The maximum atomic E-state index is 12.0. The summed E-state index contributed by atoms with van der Waals surface area (Å²) in [5.41, 5.74) is 0.381. The molecule has 6 heteroatoms. The van der Waals surface area contributed by atoms with E-state index in [9.17, 15) is 4.79 Å². The van der Waals surface area contributed by atoms with E-state index in [1.165, 1.54) is 6.20 Å². The molecule has 1 amide bonds. The molecule has 1 aromatic heterocycles. The second kappa shape index (κ2) is 9.25. The van der Waals surface area contributed by atoms with Crippen molar-refractivity contribution in [3.05, 3.63) is 18.1 Å². The molecular formula is C14H24N4O2. The smallest absolute Gasteiger partial charge is 0.273 e. The van der Waals surface area contributed by atoms with Gasteiger partial charge in [0.1, 0.15) is 11.5 Å². The molecule has 0 unspecified atom stereocenters. The van der Waals surface area contributed by atoms with Crippen LogP contribution in [0.2, 0.25) is 0 Å². The third-order valence-electron chi connectivity index (χ3n) is 2.90. The van der Waals surface area contributed by atoms with Gasteiger partial charge in [0.05, 0.1) is 12.4 Å². The Balaban J connectivity index is 2.46.